The van der Waals surface area contributed by atoms with E-state index >= 15 is 0 Å². The minimum atomic E-state index is -0.830. The summed E-state index contributed by atoms with van der Waals surface area (Å²) in [6, 6.07) is 5.78. The number of alkyl carbamates (subject to hydrolysis) is 1. The van der Waals surface area contributed by atoms with Crippen LogP contribution in [0.15, 0.2) is 18.2 Å². The predicted octanol–water partition coefficient (Wildman–Crippen LogP) is 1.92. The van der Waals surface area contributed by atoms with E-state index in [-0.39, 0.29) is 5.91 Å². The summed E-state index contributed by atoms with van der Waals surface area (Å²) in [5, 5.41) is 16.0. The van der Waals surface area contributed by atoms with Gasteiger partial charge in [-0.1, -0.05) is 12.1 Å². The van der Waals surface area contributed by atoms with Crippen LogP contribution in [0, 0.1) is 0 Å². The van der Waals surface area contributed by atoms with Crippen LogP contribution in [0.1, 0.15) is 39.2 Å². The molecule has 0 aliphatic rings. The van der Waals surface area contributed by atoms with E-state index in [0.717, 1.165) is 16.6 Å². The van der Waals surface area contributed by atoms with Crippen molar-refractivity contribution < 1.29 is 14.3 Å². The van der Waals surface area contributed by atoms with E-state index in [1.165, 1.54) is 7.05 Å². The molecule has 0 aliphatic heterocycles. The van der Waals surface area contributed by atoms with Gasteiger partial charge in [0.15, 0.2) is 6.10 Å². The largest absolute Gasteiger partial charge is 0.436 e. The Bertz CT molecular complexity index is 735. The second-order valence-electron chi connectivity index (χ2n) is 6.88. The number of carbonyl (C=O) groups excluding carboxylic acids is 2. The number of aryl methyl sites for hydroxylation is 1. The van der Waals surface area contributed by atoms with Gasteiger partial charge in [-0.15, -0.1) is 0 Å². The van der Waals surface area contributed by atoms with Crippen LogP contribution in [0.2, 0.25) is 0 Å². The highest BCUT2D eigenvalue weighted by Crippen LogP contribution is 2.17. The monoisotopic (exact) mass is 347 g/mol. The van der Waals surface area contributed by atoms with Gasteiger partial charge in [-0.25, -0.2) is 4.79 Å². The number of nitrogens with one attached hydrogen (secondary N) is 3. The highest BCUT2D eigenvalue weighted by molar-refractivity contribution is 5.83. The maximum Gasteiger partial charge on any atom is 0.408 e. The topological polar surface area (TPSA) is 109 Å². The molecule has 3 N–H and O–H groups in total. The zero-order valence-corrected chi connectivity index (χ0v) is 15.0. The van der Waals surface area contributed by atoms with Crippen molar-refractivity contribution in [2.75, 3.05) is 7.05 Å². The molecular weight excluding hydrogens is 322 g/mol. The molecule has 2 aromatic rings. The van der Waals surface area contributed by atoms with E-state index < -0.39 is 17.7 Å². The van der Waals surface area contributed by atoms with Gasteiger partial charge in [0.1, 0.15) is 11.0 Å². The van der Waals surface area contributed by atoms with Gasteiger partial charge in [0.05, 0.1) is 0 Å². The normalized spacial score (nSPS) is 12.6. The van der Waals surface area contributed by atoms with Crippen molar-refractivity contribution in [3.63, 3.8) is 0 Å². The zero-order valence-electron chi connectivity index (χ0n) is 15.0. The molecular formula is C17H25N5O3. The Morgan fingerprint density at radius 1 is 1.28 bits per heavy atom. The molecule has 0 saturated heterocycles. The number of ether oxygens (including phenoxy) is 1. The van der Waals surface area contributed by atoms with Gasteiger partial charge in [-0.05, 0) is 51.7 Å². The van der Waals surface area contributed by atoms with Crippen LogP contribution in [0.4, 0.5) is 4.79 Å². The third-order valence-electron chi connectivity index (χ3n) is 3.61. The molecule has 8 nitrogen and oxygen atoms in total. The number of hydrogen-bond acceptors (Lipinski definition) is 5. The van der Waals surface area contributed by atoms with Crippen molar-refractivity contribution in [2.24, 2.45) is 0 Å². The summed E-state index contributed by atoms with van der Waals surface area (Å²) in [7, 11) is 1.52. The van der Waals surface area contributed by atoms with Gasteiger partial charge >= 0.3 is 6.09 Å². The maximum absolute atomic E-state index is 12.0. The lowest BCUT2D eigenvalue weighted by Gasteiger charge is -2.23. The number of likely N-dealkylation sites (N-methyl/N-ethyl adjacent to an activating group) is 1. The summed E-state index contributed by atoms with van der Waals surface area (Å²) in [4.78, 5) is 23.9. The summed E-state index contributed by atoms with van der Waals surface area (Å²) in [5.41, 5.74) is 2.25. The van der Waals surface area contributed by atoms with Gasteiger partial charge in [0.25, 0.3) is 5.91 Å². The first-order chi connectivity index (χ1) is 11.8. The lowest BCUT2D eigenvalue weighted by molar-refractivity contribution is -0.129. The molecule has 1 aromatic heterocycles. The molecule has 1 atom stereocenters. The molecule has 2 rings (SSSR count). The van der Waals surface area contributed by atoms with E-state index in [1.54, 1.807) is 0 Å². The van der Waals surface area contributed by atoms with Gasteiger partial charge in [0.2, 0.25) is 0 Å². The minimum Gasteiger partial charge on any atom is -0.436 e. The van der Waals surface area contributed by atoms with Crippen LogP contribution in [-0.2, 0) is 16.0 Å². The van der Waals surface area contributed by atoms with Gasteiger partial charge in [0, 0.05) is 12.6 Å². The van der Waals surface area contributed by atoms with Crippen molar-refractivity contribution in [1.29, 1.82) is 0 Å². The number of rotatable bonds is 6. The number of benzene rings is 1. The first kappa shape index (κ1) is 18.7. The van der Waals surface area contributed by atoms with Crippen molar-refractivity contribution in [1.82, 2.24) is 26.0 Å². The number of aromatic nitrogens is 3. The first-order valence-electron chi connectivity index (χ1n) is 8.29. The number of carbonyl (C=O) groups is 2. The minimum absolute atomic E-state index is 0.316. The molecule has 2 amide bonds. The number of para-hydroxylation sites is 1. The lowest BCUT2D eigenvalue weighted by Crippen LogP contribution is -2.45. The highest BCUT2D eigenvalue weighted by Gasteiger charge is 2.24. The first-order valence-corrected chi connectivity index (χ1v) is 8.29. The maximum atomic E-state index is 12.0. The molecule has 0 radical (unpaired) electrons. The van der Waals surface area contributed by atoms with Crippen LogP contribution in [-0.4, -0.2) is 46.1 Å². The summed E-state index contributed by atoms with van der Waals surface area (Å²) >= 11 is 0. The predicted molar refractivity (Wildman–Crippen MR) is 94.1 cm³/mol. The van der Waals surface area contributed by atoms with E-state index in [9.17, 15) is 9.59 Å². The molecule has 1 aromatic carbocycles. The Labute approximate surface area is 146 Å². The molecule has 0 fully saturated rings. The van der Waals surface area contributed by atoms with E-state index in [1.807, 2.05) is 39.0 Å². The molecule has 0 bridgehead atoms. The van der Waals surface area contributed by atoms with E-state index in [0.29, 0.717) is 19.3 Å². The fourth-order valence-corrected chi connectivity index (χ4v) is 2.47. The second kappa shape index (κ2) is 7.96. The number of nitrogens with zero attached hydrogens (tertiary/aromatic N) is 2. The van der Waals surface area contributed by atoms with Crippen molar-refractivity contribution >= 4 is 23.0 Å². The van der Waals surface area contributed by atoms with Crippen LogP contribution in [0.25, 0.3) is 11.0 Å². The van der Waals surface area contributed by atoms with Gasteiger partial charge in [-0.2, -0.15) is 15.4 Å². The fraction of sp³-hybridized carbons (Fsp3) is 0.529. The Hall–Kier alpha value is -2.64. The third kappa shape index (κ3) is 5.44. The van der Waals surface area contributed by atoms with Gasteiger partial charge < -0.3 is 15.4 Å². The Kier molecular flexibility index (Phi) is 5.95. The number of amides is 2. The van der Waals surface area contributed by atoms with Gasteiger partial charge in [-0.3, -0.25) is 4.79 Å². The summed E-state index contributed by atoms with van der Waals surface area (Å²) < 4.78 is 5.29. The Balaban J connectivity index is 1.95. The van der Waals surface area contributed by atoms with Crippen molar-refractivity contribution in [2.45, 2.75) is 51.7 Å². The smallest absolute Gasteiger partial charge is 0.408 e. The summed E-state index contributed by atoms with van der Waals surface area (Å²) in [5.74, 6) is -0.316. The highest BCUT2D eigenvalue weighted by atomic mass is 16.6. The third-order valence-corrected chi connectivity index (χ3v) is 3.61. The average molecular weight is 347 g/mol. The Morgan fingerprint density at radius 3 is 2.72 bits per heavy atom. The van der Waals surface area contributed by atoms with Crippen LogP contribution in [0.3, 0.4) is 0 Å². The number of hydrogen-bond donors (Lipinski definition) is 3. The molecule has 1 heterocycles. The van der Waals surface area contributed by atoms with Crippen LogP contribution >= 0.6 is 0 Å². The van der Waals surface area contributed by atoms with E-state index in [2.05, 4.69) is 26.0 Å². The van der Waals surface area contributed by atoms with Crippen molar-refractivity contribution in [3.05, 3.63) is 23.8 Å². The molecule has 0 unspecified atom stereocenters. The average Bonchev–Trinajstić information content (AvgIpc) is 3.00. The molecule has 0 saturated carbocycles. The summed E-state index contributed by atoms with van der Waals surface area (Å²) in [6.07, 6.45) is 0.378. The molecule has 0 spiro atoms. The van der Waals surface area contributed by atoms with E-state index in [4.69, 9.17) is 4.74 Å². The molecule has 136 valence electrons. The SMILES string of the molecule is CNC(=O)[C@H](CCCc1cccc2n[nH]nc12)OC(=O)NC(C)(C)C. The lowest BCUT2D eigenvalue weighted by atomic mass is 10.0. The molecule has 25 heavy (non-hydrogen) atoms. The summed E-state index contributed by atoms with van der Waals surface area (Å²) in [6.45, 7) is 5.55. The Morgan fingerprint density at radius 2 is 2.04 bits per heavy atom. The number of aromatic amines is 1. The molecule has 8 heteroatoms. The van der Waals surface area contributed by atoms with Crippen LogP contribution in [0.5, 0.6) is 0 Å². The van der Waals surface area contributed by atoms with Crippen molar-refractivity contribution in [3.8, 4) is 0 Å². The zero-order chi connectivity index (χ0) is 18.4. The second-order valence-corrected chi connectivity index (χ2v) is 6.88. The number of H-pyrrole nitrogens is 1. The quantitative estimate of drug-likeness (QED) is 0.740. The number of fused-ring (bicyclic) bond motifs is 1. The fourth-order valence-electron chi connectivity index (χ4n) is 2.47. The van der Waals surface area contributed by atoms with Crippen LogP contribution < -0.4 is 10.6 Å². The standard InChI is InChI=1S/C17H25N5O3/c1-17(2,3)19-16(24)25-13(15(23)18-4)10-6-8-11-7-5-9-12-14(11)21-22-20-12/h5,7,9,13H,6,8,10H2,1-4H3,(H,18,23)(H,19,24)(H,20,21,22)/t13-/m0/s1. The molecule has 0 aliphatic carbocycles.